The van der Waals surface area contributed by atoms with Gasteiger partial charge in [-0.2, -0.15) is 0 Å². The van der Waals surface area contributed by atoms with E-state index in [4.69, 9.17) is 14.2 Å². The Bertz CT molecular complexity index is 1080. The van der Waals surface area contributed by atoms with Crippen LogP contribution in [0.5, 0.6) is 0 Å². The lowest BCUT2D eigenvalue weighted by Crippen LogP contribution is -2.30. The predicted octanol–water partition coefficient (Wildman–Crippen LogP) is 18.5. The first-order valence-electron chi connectivity index (χ1n) is 28.0. The second-order valence-electron chi connectivity index (χ2n) is 18.8. The molecule has 0 radical (unpaired) electrons. The van der Waals surface area contributed by atoms with Crippen molar-refractivity contribution >= 4 is 17.9 Å². The molecule has 0 aromatic rings. The Hall–Kier alpha value is -2.37. The molecule has 0 rings (SSSR count). The number of ether oxygens (including phenoxy) is 3. The Kier molecular flexibility index (Phi) is 51.3. The molecule has 0 N–H and O–H groups in total. The fourth-order valence-corrected chi connectivity index (χ4v) is 8.08. The molecule has 0 aromatic heterocycles. The first-order chi connectivity index (χ1) is 31.5. The van der Waals surface area contributed by atoms with Gasteiger partial charge in [0.2, 0.25) is 0 Å². The van der Waals surface area contributed by atoms with Gasteiger partial charge in [-0.05, 0) is 89.9 Å². The third kappa shape index (κ3) is 50.6. The molecule has 0 aromatic carbocycles. The van der Waals surface area contributed by atoms with E-state index in [9.17, 15) is 14.4 Å². The Balaban J connectivity index is 4.30. The summed E-state index contributed by atoms with van der Waals surface area (Å²) in [5.74, 6) is -0.884. The quantitative estimate of drug-likeness (QED) is 0.0262. The van der Waals surface area contributed by atoms with E-state index < -0.39 is 6.10 Å². The Morgan fingerprint density at radius 2 is 0.547 bits per heavy atom. The van der Waals surface area contributed by atoms with Gasteiger partial charge in [0.05, 0.1) is 0 Å². The number of hydrogen-bond acceptors (Lipinski definition) is 6. The summed E-state index contributed by atoms with van der Waals surface area (Å²) >= 11 is 0. The Morgan fingerprint density at radius 3 is 0.844 bits per heavy atom. The summed E-state index contributed by atoms with van der Waals surface area (Å²) in [6.07, 6.45) is 62.8. The molecule has 0 heterocycles. The van der Waals surface area contributed by atoms with Gasteiger partial charge in [0, 0.05) is 19.3 Å². The van der Waals surface area contributed by atoms with Crippen molar-refractivity contribution in [3.8, 4) is 0 Å². The van der Waals surface area contributed by atoms with E-state index in [-0.39, 0.29) is 31.1 Å². The minimum Gasteiger partial charge on any atom is -0.462 e. The van der Waals surface area contributed by atoms with Gasteiger partial charge < -0.3 is 14.2 Å². The number of hydrogen-bond donors (Lipinski definition) is 0. The number of carbonyl (C=O) groups excluding carboxylic acids is 3. The molecule has 1 atom stereocenters. The lowest BCUT2D eigenvalue weighted by Gasteiger charge is -2.18. The molecule has 0 spiro atoms. The van der Waals surface area contributed by atoms with E-state index in [0.717, 1.165) is 70.6 Å². The minimum absolute atomic E-state index is 0.0770. The second-order valence-corrected chi connectivity index (χ2v) is 18.8. The molecule has 0 amide bonds. The third-order valence-corrected chi connectivity index (χ3v) is 12.3. The molecule has 64 heavy (non-hydrogen) atoms. The number of esters is 3. The predicted molar refractivity (Wildman–Crippen MR) is 275 cm³/mol. The first-order valence-corrected chi connectivity index (χ1v) is 28.0. The topological polar surface area (TPSA) is 78.9 Å². The Labute approximate surface area is 397 Å². The average molecular weight is 899 g/mol. The summed E-state index contributed by atoms with van der Waals surface area (Å²) in [5.41, 5.74) is 0. The zero-order valence-electron chi connectivity index (χ0n) is 42.8. The fraction of sp³-hybridized carbons (Fsp3) is 0.845. The van der Waals surface area contributed by atoms with Crippen LogP contribution in [0.1, 0.15) is 297 Å². The molecule has 6 nitrogen and oxygen atoms in total. The maximum absolute atomic E-state index is 12.8. The van der Waals surface area contributed by atoms with Crippen LogP contribution in [0.25, 0.3) is 0 Å². The molecular formula is C58H106O6. The van der Waals surface area contributed by atoms with Crippen molar-refractivity contribution in [2.45, 2.75) is 303 Å². The van der Waals surface area contributed by atoms with Crippen molar-refractivity contribution in [2.24, 2.45) is 0 Å². The molecule has 0 aliphatic heterocycles. The monoisotopic (exact) mass is 899 g/mol. The number of rotatable bonds is 51. The maximum Gasteiger partial charge on any atom is 0.306 e. The molecule has 1 unspecified atom stereocenters. The van der Waals surface area contributed by atoms with Crippen LogP contribution in [0.3, 0.4) is 0 Å². The number of unbranched alkanes of at least 4 members (excludes halogenated alkanes) is 34. The van der Waals surface area contributed by atoms with E-state index in [1.165, 1.54) is 186 Å². The van der Waals surface area contributed by atoms with Crippen molar-refractivity contribution in [1.82, 2.24) is 0 Å². The van der Waals surface area contributed by atoms with Crippen LogP contribution in [0, 0.1) is 0 Å². The van der Waals surface area contributed by atoms with Crippen LogP contribution in [0.4, 0.5) is 0 Å². The first kappa shape index (κ1) is 61.6. The molecule has 0 saturated heterocycles. The maximum atomic E-state index is 12.8. The van der Waals surface area contributed by atoms with Crippen molar-refractivity contribution in [1.29, 1.82) is 0 Å². The molecule has 374 valence electrons. The lowest BCUT2D eigenvalue weighted by molar-refractivity contribution is -0.167. The molecule has 0 fully saturated rings. The normalized spacial score (nSPS) is 12.2. The molecule has 0 bridgehead atoms. The highest BCUT2D eigenvalue weighted by Gasteiger charge is 2.19. The highest BCUT2D eigenvalue weighted by molar-refractivity contribution is 5.71. The van der Waals surface area contributed by atoms with Crippen molar-refractivity contribution in [3.05, 3.63) is 36.5 Å². The van der Waals surface area contributed by atoms with Crippen molar-refractivity contribution < 1.29 is 28.6 Å². The van der Waals surface area contributed by atoms with E-state index in [2.05, 4.69) is 57.2 Å². The molecular weight excluding hydrogens is 793 g/mol. The van der Waals surface area contributed by atoms with Gasteiger partial charge in [-0.25, -0.2) is 0 Å². The highest BCUT2D eigenvalue weighted by atomic mass is 16.6. The number of allylic oxidation sites excluding steroid dienone is 6. The smallest absolute Gasteiger partial charge is 0.306 e. The van der Waals surface area contributed by atoms with Crippen LogP contribution in [0.15, 0.2) is 36.5 Å². The van der Waals surface area contributed by atoms with Crippen LogP contribution >= 0.6 is 0 Å². The largest absolute Gasteiger partial charge is 0.462 e. The molecule has 6 heteroatoms. The van der Waals surface area contributed by atoms with E-state index in [1.807, 2.05) is 0 Å². The lowest BCUT2D eigenvalue weighted by atomic mass is 10.1. The van der Waals surface area contributed by atoms with E-state index in [1.54, 1.807) is 0 Å². The summed E-state index contributed by atoms with van der Waals surface area (Å²) in [5, 5.41) is 0. The fourth-order valence-electron chi connectivity index (χ4n) is 8.08. The van der Waals surface area contributed by atoms with Crippen LogP contribution in [-0.4, -0.2) is 37.2 Å². The summed E-state index contributed by atoms with van der Waals surface area (Å²) in [6, 6.07) is 0. The molecule has 0 saturated carbocycles. The van der Waals surface area contributed by atoms with Gasteiger partial charge in [-0.1, -0.05) is 224 Å². The van der Waals surface area contributed by atoms with Crippen molar-refractivity contribution in [2.75, 3.05) is 13.2 Å². The van der Waals surface area contributed by atoms with Crippen molar-refractivity contribution in [3.63, 3.8) is 0 Å². The Morgan fingerprint density at radius 1 is 0.297 bits per heavy atom. The van der Waals surface area contributed by atoms with Crippen LogP contribution < -0.4 is 0 Å². The average Bonchev–Trinajstić information content (AvgIpc) is 3.29. The van der Waals surface area contributed by atoms with Gasteiger partial charge in [-0.15, -0.1) is 0 Å². The SMILES string of the molecule is CCC/C=C\CCCCCCCC(=O)OCC(COC(=O)CCCCCCCCC/C=C\CCCCCCCCC)OC(=O)CCCCCCCCC/C=C\CCCCCCCCC. The molecule has 0 aliphatic carbocycles. The summed E-state index contributed by atoms with van der Waals surface area (Å²) in [4.78, 5) is 38.0. The van der Waals surface area contributed by atoms with Crippen LogP contribution in [0.2, 0.25) is 0 Å². The van der Waals surface area contributed by atoms with Gasteiger partial charge in [0.1, 0.15) is 13.2 Å². The molecule has 0 aliphatic rings. The van der Waals surface area contributed by atoms with E-state index >= 15 is 0 Å². The van der Waals surface area contributed by atoms with Gasteiger partial charge in [0.25, 0.3) is 0 Å². The van der Waals surface area contributed by atoms with E-state index in [0.29, 0.717) is 19.3 Å². The second kappa shape index (κ2) is 53.2. The van der Waals surface area contributed by atoms with Gasteiger partial charge in [-0.3, -0.25) is 14.4 Å². The number of carbonyl (C=O) groups is 3. The highest BCUT2D eigenvalue weighted by Crippen LogP contribution is 2.15. The third-order valence-electron chi connectivity index (χ3n) is 12.3. The van der Waals surface area contributed by atoms with Gasteiger partial charge in [0.15, 0.2) is 6.10 Å². The zero-order chi connectivity index (χ0) is 46.5. The van der Waals surface area contributed by atoms with Gasteiger partial charge >= 0.3 is 17.9 Å². The zero-order valence-corrected chi connectivity index (χ0v) is 42.8. The summed E-state index contributed by atoms with van der Waals surface area (Å²) in [7, 11) is 0. The summed E-state index contributed by atoms with van der Waals surface area (Å²) in [6.45, 7) is 6.59. The summed E-state index contributed by atoms with van der Waals surface area (Å²) < 4.78 is 16.8. The minimum atomic E-state index is -0.777. The van der Waals surface area contributed by atoms with Crippen LogP contribution in [-0.2, 0) is 28.6 Å². The standard InChI is InChI=1S/C58H106O6/c1-4-7-10-13-16-19-22-24-26-28-30-32-34-36-39-42-45-48-51-57(60)63-54-55(53-62-56(59)50-47-44-41-38-21-18-15-12-9-6-3)64-58(61)52-49-46-43-40-37-35-33-31-29-27-25-23-20-17-14-11-8-5-2/h12,15,26-29,55H,4-11,13-14,16-25,30-54H2,1-3H3/b15-12-,28-26-,29-27-.